The highest BCUT2D eigenvalue weighted by molar-refractivity contribution is 7.13. The number of nitrogens with zero attached hydrogens (tertiary/aromatic N) is 2. The van der Waals surface area contributed by atoms with Crippen LogP contribution in [0.3, 0.4) is 0 Å². The molecule has 1 fully saturated rings. The molecule has 1 aliphatic rings. The smallest absolute Gasteiger partial charge is 0.311 e. The van der Waals surface area contributed by atoms with Crippen LogP contribution in [0.1, 0.15) is 12.6 Å². The zero-order valence-corrected chi connectivity index (χ0v) is 10.7. The van der Waals surface area contributed by atoms with E-state index in [4.69, 9.17) is 9.47 Å². The summed E-state index contributed by atoms with van der Waals surface area (Å²) in [7, 11) is 0. The van der Waals surface area contributed by atoms with E-state index < -0.39 is 0 Å². The number of rotatable bonds is 4. The maximum atomic E-state index is 11.3. The summed E-state index contributed by atoms with van der Waals surface area (Å²) >= 11 is 1.57. The van der Waals surface area contributed by atoms with E-state index >= 15 is 0 Å². The Balaban J connectivity index is 1.93. The molecule has 17 heavy (non-hydrogen) atoms. The lowest BCUT2D eigenvalue weighted by Gasteiger charge is -2.26. The summed E-state index contributed by atoms with van der Waals surface area (Å²) in [4.78, 5) is 17.9. The van der Waals surface area contributed by atoms with Crippen LogP contribution in [0.5, 0.6) is 0 Å². The Morgan fingerprint density at radius 3 is 3.06 bits per heavy atom. The number of carbonyl (C=O) groups is 1. The van der Waals surface area contributed by atoms with Crippen molar-refractivity contribution in [3.05, 3.63) is 11.1 Å². The standard InChI is InChI=1S/C11H16N2O3S/c1-2-16-10(14)7-9-8-17-11(12-9)13-3-5-15-6-4-13/h8H,2-7H2,1H3. The number of hydrogen-bond donors (Lipinski definition) is 0. The van der Waals surface area contributed by atoms with Crippen molar-refractivity contribution in [1.82, 2.24) is 4.98 Å². The van der Waals surface area contributed by atoms with Gasteiger partial charge in [-0.2, -0.15) is 0 Å². The van der Waals surface area contributed by atoms with Gasteiger partial charge in [-0.05, 0) is 6.92 Å². The fourth-order valence-corrected chi connectivity index (χ4v) is 2.52. The Kier molecular flexibility index (Phi) is 4.33. The number of hydrogen-bond acceptors (Lipinski definition) is 6. The summed E-state index contributed by atoms with van der Waals surface area (Å²) in [5, 5.41) is 2.88. The van der Waals surface area contributed by atoms with Gasteiger partial charge < -0.3 is 14.4 Å². The topological polar surface area (TPSA) is 51.7 Å². The molecule has 1 aliphatic heterocycles. The number of morpholine rings is 1. The molecule has 0 saturated carbocycles. The molecule has 0 aromatic carbocycles. The van der Waals surface area contributed by atoms with E-state index in [-0.39, 0.29) is 12.4 Å². The maximum absolute atomic E-state index is 11.3. The van der Waals surface area contributed by atoms with Crippen LogP contribution in [-0.4, -0.2) is 43.9 Å². The molecule has 0 N–H and O–H groups in total. The molecule has 0 radical (unpaired) electrons. The number of anilines is 1. The molecule has 2 heterocycles. The minimum Gasteiger partial charge on any atom is -0.466 e. The second-order valence-electron chi connectivity index (χ2n) is 3.70. The van der Waals surface area contributed by atoms with Gasteiger partial charge in [0.1, 0.15) is 0 Å². The summed E-state index contributed by atoms with van der Waals surface area (Å²) in [6.45, 7) is 5.44. The number of thiazole rings is 1. The van der Waals surface area contributed by atoms with Crippen molar-refractivity contribution in [1.29, 1.82) is 0 Å². The lowest BCUT2D eigenvalue weighted by molar-refractivity contribution is -0.142. The van der Waals surface area contributed by atoms with Gasteiger partial charge in [0.2, 0.25) is 0 Å². The van der Waals surface area contributed by atoms with Gasteiger partial charge in [-0.1, -0.05) is 0 Å². The molecule has 94 valence electrons. The van der Waals surface area contributed by atoms with Crippen molar-refractivity contribution in [2.45, 2.75) is 13.3 Å². The average Bonchev–Trinajstić information content (AvgIpc) is 2.79. The number of esters is 1. The van der Waals surface area contributed by atoms with E-state index in [1.165, 1.54) is 0 Å². The van der Waals surface area contributed by atoms with Crippen molar-refractivity contribution >= 4 is 22.4 Å². The van der Waals surface area contributed by atoms with Crippen molar-refractivity contribution < 1.29 is 14.3 Å². The van der Waals surface area contributed by atoms with Crippen LogP contribution in [0.15, 0.2) is 5.38 Å². The summed E-state index contributed by atoms with van der Waals surface area (Å²) in [6, 6.07) is 0. The van der Waals surface area contributed by atoms with Crippen LogP contribution in [0.2, 0.25) is 0 Å². The van der Waals surface area contributed by atoms with Gasteiger partial charge in [0, 0.05) is 18.5 Å². The van der Waals surface area contributed by atoms with E-state index in [0.29, 0.717) is 6.61 Å². The Labute approximate surface area is 104 Å². The molecule has 1 saturated heterocycles. The Morgan fingerprint density at radius 2 is 2.35 bits per heavy atom. The van der Waals surface area contributed by atoms with Crippen LogP contribution in [0.4, 0.5) is 5.13 Å². The fourth-order valence-electron chi connectivity index (χ4n) is 1.64. The second-order valence-corrected chi connectivity index (χ2v) is 4.54. The number of aromatic nitrogens is 1. The zero-order valence-electron chi connectivity index (χ0n) is 9.85. The molecule has 2 rings (SSSR count). The van der Waals surface area contributed by atoms with Gasteiger partial charge in [-0.25, -0.2) is 4.98 Å². The van der Waals surface area contributed by atoms with Gasteiger partial charge in [-0.15, -0.1) is 11.3 Å². The first-order chi connectivity index (χ1) is 8.29. The van der Waals surface area contributed by atoms with Crippen LogP contribution in [0.25, 0.3) is 0 Å². The van der Waals surface area contributed by atoms with Crippen molar-refractivity contribution in [3.63, 3.8) is 0 Å². The summed E-state index contributed by atoms with van der Waals surface area (Å²) in [6.07, 6.45) is 0.259. The van der Waals surface area contributed by atoms with E-state index in [1.807, 2.05) is 5.38 Å². The SMILES string of the molecule is CCOC(=O)Cc1csc(N2CCOCC2)n1. The number of carbonyl (C=O) groups excluding carboxylic acids is 1. The quantitative estimate of drug-likeness (QED) is 0.755. The molecule has 0 atom stereocenters. The Bertz CT molecular complexity index is 375. The highest BCUT2D eigenvalue weighted by Crippen LogP contribution is 2.21. The van der Waals surface area contributed by atoms with Crippen LogP contribution < -0.4 is 4.90 Å². The van der Waals surface area contributed by atoms with E-state index in [9.17, 15) is 4.79 Å². The molecular weight excluding hydrogens is 240 g/mol. The predicted molar refractivity (Wildman–Crippen MR) is 65.5 cm³/mol. The third-order valence-corrected chi connectivity index (χ3v) is 3.40. The van der Waals surface area contributed by atoms with Gasteiger partial charge >= 0.3 is 5.97 Å². The third kappa shape index (κ3) is 3.41. The molecule has 1 aromatic heterocycles. The van der Waals surface area contributed by atoms with Gasteiger partial charge in [0.25, 0.3) is 0 Å². The van der Waals surface area contributed by atoms with E-state index in [2.05, 4.69) is 9.88 Å². The third-order valence-electron chi connectivity index (χ3n) is 2.45. The first-order valence-electron chi connectivity index (χ1n) is 5.72. The van der Waals surface area contributed by atoms with Gasteiger partial charge in [0.15, 0.2) is 5.13 Å². The first-order valence-corrected chi connectivity index (χ1v) is 6.60. The minimum absolute atomic E-state index is 0.216. The van der Waals surface area contributed by atoms with Gasteiger partial charge in [0.05, 0.1) is 31.9 Å². The highest BCUT2D eigenvalue weighted by atomic mass is 32.1. The molecule has 0 bridgehead atoms. The van der Waals surface area contributed by atoms with E-state index in [1.54, 1.807) is 18.3 Å². The molecule has 0 amide bonds. The lowest BCUT2D eigenvalue weighted by atomic mass is 10.3. The van der Waals surface area contributed by atoms with Crippen LogP contribution in [0, 0.1) is 0 Å². The fraction of sp³-hybridized carbons (Fsp3) is 0.636. The van der Waals surface area contributed by atoms with Crippen LogP contribution in [-0.2, 0) is 20.7 Å². The Hall–Kier alpha value is -1.14. The van der Waals surface area contributed by atoms with Crippen molar-refractivity contribution in [2.24, 2.45) is 0 Å². The molecule has 6 heteroatoms. The minimum atomic E-state index is -0.216. The van der Waals surface area contributed by atoms with Gasteiger partial charge in [-0.3, -0.25) is 4.79 Å². The summed E-state index contributed by atoms with van der Waals surface area (Å²) in [5.41, 5.74) is 0.787. The molecule has 0 aliphatic carbocycles. The Morgan fingerprint density at radius 1 is 1.59 bits per heavy atom. The molecule has 0 unspecified atom stereocenters. The van der Waals surface area contributed by atoms with Crippen molar-refractivity contribution in [3.8, 4) is 0 Å². The monoisotopic (exact) mass is 256 g/mol. The normalized spacial score (nSPS) is 15.9. The molecular formula is C11H16N2O3S. The van der Waals surface area contributed by atoms with Crippen molar-refractivity contribution in [2.75, 3.05) is 37.8 Å². The summed E-state index contributed by atoms with van der Waals surface area (Å²) in [5.74, 6) is -0.216. The highest BCUT2D eigenvalue weighted by Gasteiger charge is 2.15. The first kappa shape index (κ1) is 12.3. The second kappa shape index (κ2) is 5.97. The van der Waals surface area contributed by atoms with E-state index in [0.717, 1.165) is 37.1 Å². The molecule has 0 spiro atoms. The number of ether oxygens (including phenoxy) is 2. The maximum Gasteiger partial charge on any atom is 0.311 e. The van der Waals surface area contributed by atoms with Crippen LogP contribution >= 0.6 is 11.3 Å². The predicted octanol–water partition coefficient (Wildman–Crippen LogP) is 1.09. The largest absolute Gasteiger partial charge is 0.466 e. The summed E-state index contributed by atoms with van der Waals surface area (Å²) < 4.78 is 10.2. The molecule has 5 nitrogen and oxygen atoms in total. The lowest BCUT2D eigenvalue weighted by Crippen LogP contribution is -2.36. The zero-order chi connectivity index (χ0) is 12.1. The average molecular weight is 256 g/mol. The molecule has 1 aromatic rings.